The van der Waals surface area contributed by atoms with Gasteiger partial charge in [-0.05, 0) is 0 Å². The van der Waals surface area contributed by atoms with E-state index in [2.05, 4.69) is 0 Å². The molecular weight excluding hydrogens is 150 g/mol. The van der Waals surface area contributed by atoms with Crippen LogP contribution in [-0.4, -0.2) is 39.0 Å². The van der Waals surface area contributed by atoms with Crippen molar-refractivity contribution in [2.24, 2.45) is 5.73 Å². The number of carbonyl (C=O) groups is 1. The van der Waals surface area contributed by atoms with Crippen LogP contribution in [0.4, 0.5) is 0 Å². The third kappa shape index (κ3) is 1.35. The van der Waals surface area contributed by atoms with Crippen molar-refractivity contribution < 1.29 is 20.1 Å². The Morgan fingerprint density at radius 3 is 1.91 bits per heavy atom. The number of rotatable bonds is 1. The summed E-state index contributed by atoms with van der Waals surface area (Å²) in [5.41, 5.74) is 3.92. The lowest BCUT2D eigenvalue weighted by Gasteiger charge is -2.16. The number of aliphatic hydroxyl groups is 2. The zero-order valence-corrected chi connectivity index (χ0v) is 5.90. The minimum absolute atomic E-state index is 0.0799. The molecule has 0 unspecified atom stereocenters. The van der Waals surface area contributed by atoms with Gasteiger partial charge in [0, 0.05) is 12.8 Å². The molecular formula is C6H11NO4. The fourth-order valence-electron chi connectivity index (χ4n) is 1.28. The predicted octanol–water partition coefficient (Wildman–Crippen LogP) is -1.72. The highest BCUT2D eigenvalue weighted by atomic mass is 16.4. The van der Waals surface area contributed by atoms with E-state index >= 15 is 0 Å². The molecule has 1 aliphatic carbocycles. The summed E-state index contributed by atoms with van der Waals surface area (Å²) in [5.74, 6) is -1.17. The summed E-state index contributed by atoms with van der Waals surface area (Å²) in [6, 6.07) is 0. The number of hydrogen-bond acceptors (Lipinski definition) is 4. The normalized spacial score (nSPS) is 35.5. The molecule has 0 spiro atoms. The number of aliphatic hydroxyl groups excluding tert-OH is 2. The van der Waals surface area contributed by atoms with Crippen LogP contribution in [0.2, 0.25) is 0 Å². The Morgan fingerprint density at radius 1 is 1.36 bits per heavy atom. The van der Waals surface area contributed by atoms with Gasteiger partial charge >= 0.3 is 5.97 Å². The molecule has 1 aliphatic rings. The molecule has 0 radical (unpaired) electrons. The van der Waals surface area contributed by atoms with Crippen LogP contribution in [0.3, 0.4) is 0 Å². The maximum absolute atomic E-state index is 10.5. The number of carboxylic acids is 1. The SMILES string of the molecule is NC1(C(=O)O)C[C@H](O)[C@@H](O)C1. The van der Waals surface area contributed by atoms with Gasteiger partial charge in [0.15, 0.2) is 0 Å². The summed E-state index contributed by atoms with van der Waals surface area (Å²) in [4.78, 5) is 10.5. The molecule has 0 aliphatic heterocycles. The second kappa shape index (κ2) is 2.44. The Labute approximate surface area is 63.4 Å². The van der Waals surface area contributed by atoms with Crippen LogP contribution in [0.1, 0.15) is 12.8 Å². The Balaban J connectivity index is 2.71. The summed E-state index contributed by atoms with van der Waals surface area (Å²) in [5, 5.41) is 26.5. The average molecular weight is 161 g/mol. The van der Waals surface area contributed by atoms with E-state index in [0.29, 0.717) is 0 Å². The highest BCUT2D eigenvalue weighted by molar-refractivity contribution is 5.79. The van der Waals surface area contributed by atoms with E-state index in [9.17, 15) is 4.79 Å². The van der Waals surface area contributed by atoms with Crippen molar-refractivity contribution in [1.29, 1.82) is 0 Å². The zero-order valence-electron chi connectivity index (χ0n) is 5.90. The van der Waals surface area contributed by atoms with Crippen LogP contribution in [0.5, 0.6) is 0 Å². The molecule has 0 aromatic heterocycles. The van der Waals surface area contributed by atoms with E-state index in [0.717, 1.165) is 0 Å². The van der Waals surface area contributed by atoms with Crippen LogP contribution < -0.4 is 5.73 Å². The third-order valence-electron chi connectivity index (χ3n) is 2.02. The quantitative estimate of drug-likeness (QED) is 0.366. The Morgan fingerprint density at radius 2 is 1.73 bits per heavy atom. The molecule has 0 heterocycles. The molecule has 0 aromatic rings. The highest BCUT2D eigenvalue weighted by Gasteiger charge is 2.46. The molecule has 1 rings (SSSR count). The summed E-state index contributed by atoms with van der Waals surface area (Å²) >= 11 is 0. The van der Waals surface area contributed by atoms with Crippen LogP contribution in [-0.2, 0) is 4.79 Å². The van der Waals surface area contributed by atoms with Crippen LogP contribution >= 0.6 is 0 Å². The van der Waals surface area contributed by atoms with Gasteiger partial charge in [0.2, 0.25) is 0 Å². The Kier molecular flexibility index (Phi) is 1.87. The van der Waals surface area contributed by atoms with Gasteiger partial charge in [0.05, 0.1) is 12.2 Å². The molecule has 0 amide bonds. The molecule has 0 aromatic carbocycles. The van der Waals surface area contributed by atoms with E-state index in [1.165, 1.54) is 0 Å². The summed E-state index contributed by atoms with van der Waals surface area (Å²) in [6.45, 7) is 0. The molecule has 64 valence electrons. The van der Waals surface area contributed by atoms with Crippen molar-refractivity contribution >= 4 is 5.97 Å². The molecule has 1 fully saturated rings. The van der Waals surface area contributed by atoms with Crippen LogP contribution in [0.15, 0.2) is 0 Å². The van der Waals surface area contributed by atoms with Crippen molar-refractivity contribution in [1.82, 2.24) is 0 Å². The Bertz CT molecular complexity index is 171. The smallest absolute Gasteiger partial charge is 0.323 e. The van der Waals surface area contributed by atoms with Gasteiger partial charge in [-0.3, -0.25) is 4.79 Å². The van der Waals surface area contributed by atoms with Gasteiger partial charge in [0.1, 0.15) is 5.54 Å². The number of nitrogens with two attached hydrogens (primary N) is 1. The maximum Gasteiger partial charge on any atom is 0.323 e. The first-order valence-corrected chi connectivity index (χ1v) is 3.34. The van der Waals surface area contributed by atoms with Crippen molar-refractivity contribution in [3.05, 3.63) is 0 Å². The monoisotopic (exact) mass is 161 g/mol. The summed E-state index contributed by atoms with van der Waals surface area (Å²) < 4.78 is 0. The lowest BCUT2D eigenvalue weighted by molar-refractivity contribution is -0.143. The molecule has 11 heavy (non-hydrogen) atoms. The minimum atomic E-state index is -1.45. The minimum Gasteiger partial charge on any atom is -0.480 e. The van der Waals surface area contributed by atoms with Crippen LogP contribution in [0, 0.1) is 0 Å². The first kappa shape index (κ1) is 8.45. The zero-order chi connectivity index (χ0) is 8.65. The van der Waals surface area contributed by atoms with Crippen molar-refractivity contribution in [3.8, 4) is 0 Å². The van der Waals surface area contributed by atoms with Gasteiger partial charge < -0.3 is 21.1 Å². The Hall–Kier alpha value is -0.650. The number of aliphatic carboxylic acids is 1. The van der Waals surface area contributed by atoms with Crippen molar-refractivity contribution in [2.45, 2.75) is 30.6 Å². The summed E-state index contributed by atoms with van der Waals surface area (Å²) in [7, 11) is 0. The second-order valence-electron chi connectivity index (χ2n) is 3.00. The number of hydrogen-bond donors (Lipinski definition) is 4. The second-order valence-corrected chi connectivity index (χ2v) is 3.00. The van der Waals surface area contributed by atoms with E-state index in [-0.39, 0.29) is 12.8 Å². The molecule has 2 atom stereocenters. The molecule has 0 saturated heterocycles. The molecule has 1 saturated carbocycles. The molecule has 5 nitrogen and oxygen atoms in total. The van der Waals surface area contributed by atoms with Gasteiger partial charge in [0.25, 0.3) is 0 Å². The van der Waals surface area contributed by atoms with E-state index < -0.39 is 23.7 Å². The lowest BCUT2D eigenvalue weighted by atomic mass is 10.00. The fraction of sp³-hybridized carbons (Fsp3) is 0.833. The first-order valence-electron chi connectivity index (χ1n) is 3.34. The van der Waals surface area contributed by atoms with Gasteiger partial charge in [-0.15, -0.1) is 0 Å². The van der Waals surface area contributed by atoms with Gasteiger partial charge in [-0.25, -0.2) is 0 Å². The molecule has 5 heteroatoms. The average Bonchev–Trinajstić information content (AvgIpc) is 2.09. The standard InChI is InChI=1S/C6H11NO4/c7-6(5(10)11)1-3(8)4(9)2-6/h3-4,8-9H,1-2,7H2,(H,10,11)/t3-,4-/m0/s1. The maximum atomic E-state index is 10.5. The lowest BCUT2D eigenvalue weighted by Crippen LogP contribution is -2.46. The van der Waals surface area contributed by atoms with Crippen LogP contribution in [0.25, 0.3) is 0 Å². The first-order chi connectivity index (χ1) is 4.96. The van der Waals surface area contributed by atoms with Crippen molar-refractivity contribution in [2.75, 3.05) is 0 Å². The highest BCUT2D eigenvalue weighted by Crippen LogP contribution is 2.28. The fourth-order valence-corrected chi connectivity index (χ4v) is 1.28. The summed E-state index contributed by atoms with van der Waals surface area (Å²) in [6.07, 6.45) is -2.17. The largest absolute Gasteiger partial charge is 0.480 e. The topological polar surface area (TPSA) is 104 Å². The van der Waals surface area contributed by atoms with E-state index in [4.69, 9.17) is 21.1 Å². The molecule has 0 bridgehead atoms. The van der Waals surface area contributed by atoms with Crippen molar-refractivity contribution in [3.63, 3.8) is 0 Å². The van der Waals surface area contributed by atoms with E-state index in [1.807, 2.05) is 0 Å². The van der Waals surface area contributed by atoms with E-state index in [1.54, 1.807) is 0 Å². The van der Waals surface area contributed by atoms with Gasteiger partial charge in [-0.1, -0.05) is 0 Å². The number of carboxylic acid groups (broad SMARTS) is 1. The predicted molar refractivity (Wildman–Crippen MR) is 35.8 cm³/mol. The third-order valence-corrected chi connectivity index (χ3v) is 2.02. The van der Waals surface area contributed by atoms with Gasteiger partial charge in [-0.2, -0.15) is 0 Å². The molecule has 5 N–H and O–H groups in total.